The van der Waals surface area contributed by atoms with Crippen LogP contribution in [-0.4, -0.2) is 70.2 Å². The van der Waals surface area contributed by atoms with E-state index >= 15 is 0 Å². The number of Topliss-reactive ketones (excluding diaryl/α,β-unsaturated/α-hetero) is 1. The first-order valence-electron chi connectivity index (χ1n) is 21.3. The summed E-state index contributed by atoms with van der Waals surface area (Å²) in [6.45, 7) is 26.9. The Bertz CT molecular complexity index is 1560. The maximum Gasteiger partial charge on any atom is 0.410 e. The van der Waals surface area contributed by atoms with Crippen molar-refractivity contribution >= 4 is 23.8 Å². The van der Waals surface area contributed by atoms with Crippen LogP contribution in [0.4, 0.5) is 4.79 Å². The van der Waals surface area contributed by atoms with Gasteiger partial charge in [0.25, 0.3) is 0 Å². The van der Waals surface area contributed by atoms with Crippen molar-refractivity contribution in [3.63, 3.8) is 0 Å². The number of carboxylic acids is 1. The van der Waals surface area contributed by atoms with Crippen LogP contribution in [0.1, 0.15) is 160 Å². The molecule has 0 bridgehead atoms. The second-order valence-electron chi connectivity index (χ2n) is 21.9. The Morgan fingerprint density at radius 1 is 0.889 bits per heavy atom. The third-order valence-corrected chi connectivity index (χ3v) is 16.4. The zero-order chi connectivity index (χ0) is 40.0. The number of rotatable bonds is 7. The number of esters is 1. The predicted octanol–water partition coefficient (Wildman–Crippen LogP) is 9.12. The summed E-state index contributed by atoms with van der Waals surface area (Å²) < 4.78 is 11.9. The number of aliphatic carboxylic acids is 1. The summed E-state index contributed by atoms with van der Waals surface area (Å²) in [6, 6.07) is 0.241. The van der Waals surface area contributed by atoms with E-state index in [1.165, 1.54) is 5.57 Å². The number of hydrogen-bond donors (Lipinski definition) is 2. The highest BCUT2D eigenvalue weighted by Gasteiger charge is 2.69. The van der Waals surface area contributed by atoms with Gasteiger partial charge >= 0.3 is 18.0 Å². The van der Waals surface area contributed by atoms with Gasteiger partial charge in [-0.2, -0.15) is 0 Å². The molecule has 9 heteroatoms. The first kappa shape index (κ1) is 41.2. The van der Waals surface area contributed by atoms with Crippen LogP contribution >= 0.6 is 0 Å². The Labute approximate surface area is 325 Å². The molecule has 0 radical (unpaired) electrons. The van der Waals surface area contributed by atoms with Gasteiger partial charge in [-0.3, -0.25) is 14.4 Å². The van der Waals surface area contributed by atoms with Crippen LogP contribution in [0.2, 0.25) is 0 Å². The number of nitrogens with zero attached hydrogens (tertiary/aromatic N) is 1. The maximum absolute atomic E-state index is 14.2. The van der Waals surface area contributed by atoms with Crippen molar-refractivity contribution in [1.82, 2.24) is 10.2 Å². The Morgan fingerprint density at radius 3 is 2.13 bits per heavy atom. The summed E-state index contributed by atoms with van der Waals surface area (Å²) in [5.74, 6) is 0.0543. The van der Waals surface area contributed by atoms with Gasteiger partial charge in [-0.25, -0.2) is 4.79 Å². The number of carbonyl (C=O) groups excluding carboxylic acids is 3. The Balaban J connectivity index is 1.26. The molecule has 4 saturated carbocycles. The molecule has 1 saturated heterocycles. The van der Waals surface area contributed by atoms with E-state index in [-0.39, 0.29) is 63.7 Å². The van der Waals surface area contributed by atoms with Crippen molar-refractivity contribution in [2.75, 3.05) is 13.1 Å². The van der Waals surface area contributed by atoms with E-state index in [1.807, 2.05) is 25.7 Å². The lowest BCUT2D eigenvalue weighted by Crippen LogP contribution is -2.65. The standard InChI is InChI=1S/C45H72N2O7/c1-27(2)35-30(48)25-45(46-28-17-23-47(24-18-28)38(52)54-39(3,4)5)22-21-43(11)29(36(35)45)13-14-32-42(10)19-16-33(53-34(49)26-40(6,7)37(50)51)41(8,9)31(42)15-20-44(32,43)12/h27-28,31-33,35,46H,13-26H2,1-12H3,(H,50,51)/t31-,32+,33-,35?,42-,43+,44+,45+/m0/s1. The minimum Gasteiger partial charge on any atom is -0.481 e. The number of amides is 1. The smallest absolute Gasteiger partial charge is 0.410 e. The van der Waals surface area contributed by atoms with Gasteiger partial charge in [0, 0.05) is 42.4 Å². The van der Waals surface area contributed by atoms with Gasteiger partial charge in [0.05, 0.1) is 11.8 Å². The molecule has 9 nitrogen and oxygen atoms in total. The van der Waals surface area contributed by atoms with Crippen LogP contribution in [0.25, 0.3) is 0 Å². The highest BCUT2D eigenvalue weighted by atomic mass is 16.6. The van der Waals surface area contributed by atoms with Crippen LogP contribution in [-0.2, 0) is 23.9 Å². The number of allylic oxidation sites excluding steroid dienone is 1. The van der Waals surface area contributed by atoms with E-state index in [2.05, 4.69) is 53.8 Å². The second kappa shape index (κ2) is 13.6. The lowest BCUT2D eigenvalue weighted by molar-refractivity contribution is -0.214. The predicted molar refractivity (Wildman–Crippen MR) is 210 cm³/mol. The molecule has 0 aromatic carbocycles. The molecule has 2 N–H and O–H groups in total. The first-order valence-corrected chi connectivity index (χ1v) is 21.3. The molecule has 1 unspecified atom stereocenters. The van der Waals surface area contributed by atoms with Crippen molar-refractivity contribution in [2.45, 2.75) is 183 Å². The van der Waals surface area contributed by atoms with E-state index in [4.69, 9.17) is 9.47 Å². The summed E-state index contributed by atoms with van der Waals surface area (Å²) in [5.41, 5.74) is 0.906. The van der Waals surface area contributed by atoms with Crippen molar-refractivity contribution in [2.24, 2.45) is 50.7 Å². The Morgan fingerprint density at radius 2 is 1.54 bits per heavy atom. The summed E-state index contributed by atoms with van der Waals surface area (Å²) >= 11 is 0. The molecule has 1 amide bonds. The van der Waals surface area contributed by atoms with Crippen LogP contribution in [0, 0.1) is 50.7 Å². The van der Waals surface area contributed by atoms with Crippen molar-refractivity contribution in [3.05, 3.63) is 11.1 Å². The largest absolute Gasteiger partial charge is 0.481 e. The lowest BCUT2D eigenvalue weighted by atomic mass is 9.34. The Kier molecular flexibility index (Phi) is 10.4. The maximum atomic E-state index is 14.2. The van der Waals surface area contributed by atoms with Crippen molar-refractivity contribution < 1.29 is 33.8 Å². The number of nitrogens with one attached hydrogen (secondary N) is 1. The van der Waals surface area contributed by atoms with Crippen LogP contribution in [0.15, 0.2) is 11.1 Å². The monoisotopic (exact) mass is 753 g/mol. The van der Waals surface area contributed by atoms with Crippen LogP contribution in [0.3, 0.4) is 0 Å². The molecule has 304 valence electrons. The summed E-state index contributed by atoms with van der Waals surface area (Å²) in [5, 5.41) is 13.8. The van der Waals surface area contributed by atoms with Gasteiger partial charge in [-0.05, 0) is 138 Å². The average molecular weight is 753 g/mol. The summed E-state index contributed by atoms with van der Waals surface area (Å²) in [6.07, 6.45) is 9.76. The highest BCUT2D eigenvalue weighted by Crippen LogP contribution is 2.75. The van der Waals surface area contributed by atoms with E-state index in [1.54, 1.807) is 19.4 Å². The zero-order valence-electron chi connectivity index (χ0n) is 35.7. The molecule has 5 fully saturated rings. The number of ether oxygens (including phenoxy) is 2. The number of ketones is 1. The fourth-order valence-electron chi connectivity index (χ4n) is 13.4. The molecular weight excluding hydrogens is 681 g/mol. The van der Waals surface area contributed by atoms with Gasteiger partial charge in [-0.15, -0.1) is 0 Å². The lowest BCUT2D eigenvalue weighted by Gasteiger charge is -2.70. The Hall–Kier alpha value is -2.42. The molecule has 54 heavy (non-hydrogen) atoms. The van der Waals surface area contributed by atoms with Gasteiger partial charge in [0.1, 0.15) is 17.5 Å². The van der Waals surface area contributed by atoms with Gasteiger partial charge in [0.15, 0.2) is 0 Å². The molecule has 6 aliphatic rings. The SMILES string of the molecule is CC(C)C1C(=O)C[C@]2(NC3CCN(C(=O)OC(C)(C)C)CC3)CC[C@]3(C)C(=C12)CC[C@@H]1[C@@]2(C)CC[C@H](OC(=O)CC(C)(C)C(=O)O)C(C)(C)[C@@H]2CC[C@]13C. The molecule has 6 rings (SSSR count). The number of hydrogen-bond acceptors (Lipinski definition) is 7. The number of piperidine rings is 1. The second-order valence-corrected chi connectivity index (χ2v) is 21.9. The third-order valence-electron chi connectivity index (χ3n) is 16.4. The van der Waals surface area contributed by atoms with Crippen molar-refractivity contribution in [1.29, 1.82) is 0 Å². The number of carbonyl (C=O) groups is 4. The molecule has 8 atom stereocenters. The quantitative estimate of drug-likeness (QED) is 0.195. The average Bonchev–Trinajstić information content (AvgIpc) is 3.33. The van der Waals surface area contributed by atoms with Gasteiger partial charge in [-0.1, -0.05) is 54.0 Å². The molecular formula is C45H72N2O7. The summed E-state index contributed by atoms with van der Waals surface area (Å²) in [4.78, 5) is 53.7. The number of fused-ring (bicyclic) bond motifs is 6. The zero-order valence-corrected chi connectivity index (χ0v) is 35.7. The number of likely N-dealkylation sites (tertiary alicyclic amines) is 1. The molecule has 0 aromatic rings. The minimum absolute atomic E-state index is 0.0158. The van der Waals surface area contributed by atoms with Gasteiger partial charge < -0.3 is 24.8 Å². The van der Waals surface area contributed by atoms with E-state index in [9.17, 15) is 24.3 Å². The summed E-state index contributed by atoms with van der Waals surface area (Å²) in [7, 11) is 0. The molecule has 1 aliphatic heterocycles. The molecule has 1 heterocycles. The van der Waals surface area contributed by atoms with Crippen LogP contribution < -0.4 is 5.32 Å². The van der Waals surface area contributed by atoms with E-state index in [0.717, 1.165) is 64.2 Å². The first-order chi connectivity index (χ1) is 24.8. The fraction of sp³-hybridized carbons (Fsp3) is 0.867. The molecule has 0 spiro atoms. The third kappa shape index (κ3) is 6.66. The van der Waals surface area contributed by atoms with Gasteiger partial charge in [0.2, 0.25) is 0 Å². The molecule has 5 aliphatic carbocycles. The number of carboxylic acid groups (broad SMARTS) is 1. The van der Waals surface area contributed by atoms with E-state index in [0.29, 0.717) is 37.1 Å². The normalized spacial score (nSPS) is 38.3. The van der Waals surface area contributed by atoms with Crippen LogP contribution in [0.5, 0.6) is 0 Å². The fourth-order valence-corrected chi connectivity index (χ4v) is 13.4. The molecule has 0 aromatic heterocycles. The topological polar surface area (TPSA) is 122 Å². The van der Waals surface area contributed by atoms with Crippen molar-refractivity contribution in [3.8, 4) is 0 Å². The minimum atomic E-state index is -1.16. The van der Waals surface area contributed by atoms with E-state index < -0.39 is 23.0 Å². The highest BCUT2D eigenvalue weighted by molar-refractivity contribution is 5.91.